The van der Waals surface area contributed by atoms with Gasteiger partial charge in [-0.15, -0.1) is 11.8 Å². The Morgan fingerprint density at radius 1 is 1.25 bits per heavy atom. The summed E-state index contributed by atoms with van der Waals surface area (Å²) in [6, 6.07) is 12.1. The first kappa shape index (κ1) is 11.3. The number of hydrogen-bond donors (Lipinski definition) is 1. The van der Waals surface area contributed by atoms with Crippen molar-refractivity contribution in [2.75, 3.05) is 5.75 Å². The van der Waals surface area contributed by atoms with E-state index in [4.69, 9.17) is 10.2 Å². The molecule has 2 aromatic rings. The van der Waals surface area contributed by atoms with Crippen LogP contribution < -0.4 is 5.73 Å². The van der Waals surface area contributed by atoms with Gasteiger partial charge in [0.15, 0.2) is 0 Å². The second-order valence-electron chi connectivity index (χ2n) is 3.70. The molecular formula is C13H15NOS. The van der Waals surface area contributed by atoms with E-state index in [1.807, 2.05) is 24.3 Å². The molecule has 0 spiro atoms. The average molecular weight is 233 g/mol. The lowest BCUT2D eigenvalue weighted by Gasteiger charge is -2.09. The van der Waals surface area contributed by atoms with Gasteiger partial charge < -0.3 is 10.2 Å². The van der Waals surface area contributed by atoms with Crippen molar-refractivity contribution < 1.29 is 4.42 Å². The summed E-state index contributed by atoms with van der Waals surface area (Å²) in [6.07, 6.45) is 1.66. The van der Waals surface area contributed by atoms with E-state index in [2.05, 4.69) is 19.1 Å². The molecule has 0 fully saturated rings. The topological polar surface area (TPSA) is 39.2 Å². The summed E-state index contributed by atoms with van der Waals surface area (Å²) < 4.78 is 5.28. The van der Waals surface area contributed by atoms with Crippen LogP contribution in [-0.2, 0) is 0 Å². The number of rotatable bonds is 4. The van der Waals surface area contributed by atoms with Crippen LogP contribution in [0.1, 0.15) is 17.4 Å². The van der Waals surface area contributed by atoms with Crippen LogP contribution in [-0.4, -0.2) is 5.75 Å². The monoisotopic (exact) mass is 233 g/mol. The van der Waals surface area contributed by atoms with Gasteiger partial charge in [0.1, 0.15) is 5.76 Å². The first-order valence-electron chi connectivity index (χ1n) is 5.25. The Hall–Kier alpha value is -1.19. The smallest absolute Gasteiger partial charge is 0.121 e. The number of hydrogen-bond acceptors (Lipinski definition) is 3. The van der Waals surface area contributed by atoms with Crippen LogP contribution >= 0.6 is 11.8 Å². The van der Waals surface area contributed by atoms with Gasteiger partial charge in [0.2, 0.25) is 0 Å². The second-order valence-corrected chi connectivity index (χ2v) is 4.76. The number of thioether (sulfide) groups is 1. The number of aryl methyl sites for hydroxylation is 1. The molecule has 1 atom stereocenters. The standard InChI is InChI=1S/C13H15NOS/c1-10-5-2-3-7-13(10)16-9-11(14)12-6-4-8-15-12/h2-8,11H,9,14H2,1H3. The maximum Gasteiger partial charge on any atom is 0.121 e. The van der Waals surface area contributed by atoms with Crippen molar-refractivity contribution in [1.29, 1.82) is 0 Å². The molecule has 3 heteroatoms. The Balaban J connectivity index is 1.95. The van der Waals surface area contributed by atoms with Crippen LogP contribution in [0.4, 0.5) is 0 Å². The van der Waals surface area contributed by atoms with Crippen molar-refractivity contribution in [3.8, 4) is 0 Å². The van der Waals surface area contributed by atoms with Crippen molar-refractivity contribution in [1.82, 2.24) is 0 Å². The van der Waals surface area contributed by atoms with E-state index in [-0.39, 0.29) is 6.04 Å². The summed E-state index contributed by atoms with van der Waals surface area (Å²) in [6.45, 7) is 2.11. The van der Waals surface area contributed by atoms with Crippen LogP contribution in [0.2, 0.25) is 0 Å². The quantitative estimate of drug-likeness (QED) is 0.823. The van der Waals surface area contributed by atoms with Gasteiger partial charge in [0.25, 0.3) is 0 Å². The molecule has 2 N–H and O–H groups in total. The van der Waals surface area contributed by atoms with Crippen LogP contribution in [0.25, 0.3) is 0 Å². The predicted molar refractivity (Wildman–Crippen MR) is 67.5 cm³/mol. The van der Waals surface area contributed by atoms with Gasteiger partial charge >= 0.3 is 0 Å². The average Bonchev–Trinajstić information content (AvgIpc) is 2.81. The maximum absolute atomic E-state index is 6.02. The third-order valence-corrected chi connectivity index (χ3v) is 3.72. The molecule has 1 aromatic heterocycles. The van der Waals surface area contributed by atoms with Gasteiger partial charge in [-0.2, -0.15) is 0 Å². The fourth-order valence-corrected chi connectivity index (χ4v) is 2.48. The third kappa shape index (κ3) is 2.68. The van der Waals surface area contributed by atoms with E-state index in [9.17, 15) is 0 Å². The number of nitrogens with two attached hydrogens (primary N) is 1. The van der Waals surface area contributed by atoms with Crippen molar-refractivity contribution in [3.63, 3.8) is 0 Å². The normalized spacial score (nSPS) is 12.6. The van der Waals surface area contributed by atoms with Gasteiger partial charge in [-0.3, -0.25) is 0 Å². The van der Waals surface area contributed by atoms with Gasteiger partial charge in [0, 0.05) is 10.6 Å². The maximum atomic E-state index is 6.02. The molecule has 0 radical (unpaired) electrons. The molecule has 2 rings (SSSR count). The van der Waals surface area contributed by atoms with Crippen molar-refractivity contribution >= 4 is 11.8 Å². The highest BCUT2D eigenvalue weighted by molar-refractivity contribution is 7.99. The van der Waals surface area contributed by atoms with E-state index in [0.29, 0.717) is 0 Å². The van der Waals surface area contributed by atoms with Crippen LogP contribution in [0.5, 0.6) is 0 Å². The third-order valence-electron chi connectivity index (χ3n) is 2.42. The molecule has 1 unspecified atom stereocenters. The molecule has 2 nitrogen and oxygen atoms in total. The first-order chi connectivity index (χ1) is 7.77. The van der Waals surface area contributed by atoms with E-state index >= 15 is 0 Å². The molecule has 0 aliphatic rings. The number of benzene rings is 1. The predicted octanol–water partition coefficient (Wildman–Crippen LogP) is 3.38. The van der Waals surface area contributed by atoms with Gasteiger partial charge in [-0.1, -0.05) is 18.2 Å². The summed E-state index contributed by atoms with van der Waals surface area (Å²) in [7, 11) is 0. The largest absolute Gasteiger partial charge is 0.468 e. The van der Waals surface area contributed by atoms with E-state index < -0.39 is 0 Å². The van der Waals surface area contributed by atoms with Crippen molar-refractivity contribution in [3.05, 3.63) is 54.0 Å². The van der Waals surface area contributed by atoms with Gasteiger partial charge in [0.05, 0.1) is 12.3 Å². The summed E-state index contributed by atoms with van der Waals surface area (Å²) >= 11 is 1.77. The zero-order valence-corrected chi connectivity index (χ0v) is 10.0. The van der Waals surface area contributed by atoms with E-state index in [0.717, 1.165) is 11.5 Å². The fraction of sp³-hybridized carbons (Fsp3) is 0.231. The minimum atomic E-state index is -0.0420. The Morgan fingerprint density at radius 2 is 2.06 bits per heavy atom. The van der Waals surface area contributed by atoms with Crippen LogP contribution in [0.15, 0.2) is 52.0 Å². The second kappa shape index (κ2) is 5.23. The lowest BCUT2D eigenvalue weighted by Crippen LogP contribution is -2.11. The molecule has 0 aliphatic heterocycles. The Morgan fingerprint density at radius 3 is 2.75 bits per heavy atom. The molecule has 0 saturated heterocycles. The van der Waals surface area contributed by atoms with E-state index in [1.54, 1.807) is 18.0 Å². The molecule has 0 bridgehead atoms. The zero-order valence-electron chi connectivity index (χ0n) is 9.22. The van der Waals surface area contributed by atoms with Crippen molar-refractivity contribution in [2.24, 2.45) is 5.73 Å². The number of furan rings is 1. The lowest BCUT2D eigenvalue weighted by atomic mass is 10.2. The van der Waals surface area contributed by atoms with Gasteiger partial charge in [-0.25, -0.2) is 0 Å². The van der Waals surface area contributed by atoms with Crippen molar-refractivity contribution in [2.45, 2.75) is 17.9 Å². The minimum Gasteiger partial charge on any atom is -0.468 e. The lowest BCUT2D eigenvalue weighted by molar-refractivity contribution is 0.482. The highest BCUT2D eigenvalue weighted by Gasteiger charge is 2.09. The molecule has 16 heavy (non-hydrogen) atoms. The molecule has 84 valence electrons. The molecule has 1 aromatic carbocycles. The van der Waals surface area contributed by atoms with E-state index in [1.165, 1.54) is 10.5 Å². The van der Waals surface area contributed by atoms with Crippen LogP contribution in [0.3, 0.4) is 0 Å². The SMILES string of the molecule is Cc1ccccc1SCC(N)c1ccco1. The molecular weight excluding hydrogens is 218 g/mol. The summed E-state index contributed by atoms with van der Waals surface area (Å²) in [5, 5.41) is 0. The Bertz CT molecular complexity index is 439. The fourth-order valence-electron chi connectivity index (χ4n) is 1.48. The summed E-state index contributed by atoms with van der Waals surface area (Å²) in [5.41, 5.74) is 7.31. The minimum absolute atomic E-state index is 0.0420. The zero-order chi connectivity index (χ0) is 11.4. The molecule has 0 saturated carbocycles. The molecule has 0 aliphatic carbocycles. The van der Waals surface area contributed by atoms with Gasteiger partial charge in [-0.05, 0) is 30.7 Å². The first-order valence-corrected chi connectivity index (χ1v) is 6.23. The highest BCUT2D eigenvalue weighted by atomic mass is 32.2. The van der Waals surface area contributed by atoms with Crippen LogP contribution in [0, 0.1) is 6.92 Å². The Kier molecular flexibility index (Phi) is 3.70. The molecule has 1 heterocycles. The Labute approximate surface area is 99.8 Å². The summed E-state index contributed by atoms with van der Waals surface area (Å²) in [5.74, 6) is 1.68. The summed E-state index contributed by atoms with van der Waals surface area (Å²) in [4.78, 5) is 1.28. The highest BCUT2D eigenvalue weighted by Crippen LogP contribution is 2.25. The molecule has 0 amide bonds.